The lowest BCUT2D eigenvalue weighted by Crippen LogP contribution is -2.52. The Morgan fingerprint density at radius 1 is 1.17 bits per heavy atom. The van der Waals surface area contributed by atoms with E-state index in [0.29, 0.717) is 18.5 Å². The molecule has 160 valence electrons. The summed E-state index contributed by atoms with van der Waals surface area (Å²) in [7, 11) is 1.79. The molecule has 1 amide bonds. The van der Waals surface area contributed by atoms with Gasteiger partial charge in [0.25, 0.3) is 0 Å². The summed E-state index contributed by atoms with van der Waals surface area (Å²) in [6, 6.07) is 11.4. The molecule has 6 nitrogen and oxygen atoms in total. The molecular weight excluding hydrogens is 366 g/mol. The van der Waals surface area contributed by atoms with Crippen LogP contribution in [0.1, 0.15) is 30.7 Å². The normalized spacial score (nSPS) is 27.0. The highest BCUT2D eigenvalue weighted by molar-refractivity contribution is 5.78. The van der Waals surface area contributed by atoms with Crippen molar-refractivity contribution in [2.75, 3.05) is 66.2 Å². The van der Waals surface area contributed by atoms with Crippen molar-refractivity contribution in [2.24, 2.45) is 5.41 Å². The van der Waals surface area contributed by atoms with Crippen LogP contribution in [0.3, 0.4) is 0 Å². The fraction of sp³-hybridized carbons (Fsp3) is 0.696. The SMILES string of the molecule is COCC1(CN[C@@H]2CC2c2ccccc2)CCN(C(=O)CN2CCOCC2)CC1. The van der Waals surface area contributed by atoms with E-state index >= 15 is 0 Å². The number of nitrogens with one attached hydrogen (secondary N) is 1. The molecule has 1 aromatic rings. The zero-order valence-corrected chi connectivity index (χ0v) is 17.6. The van der Waals surface area contributed by atoms with E-state index < -0.39 is 0 Å². The van der Waals surface area contributed by atoms with E-state index in [9.17, 15) is 4.79 Å². The molecule has 1 unspecified atom stereocenters. The Morgan fingerprint density at radius 2 is 1.90 bits per heavy atom. The van der Waals surface area contributed by atoms with Crippen molar-refractivity contribution < 1.29 is 14.3 Å². The first kappa shape index (κ1) is 20.8. The molecule has 2 heterocycles. The predicted octanol–water partition coefficient (Wildman–Crippen LogP) is 1.72. The van der Waals surface area contributed by atoms with Gasteiger partial charge in [-0.25, -0.2) is 0 Å². The molecule has 1 saturated carbocycles. The maximum atomic E-state index is 12.7. The molecule has 6 heteroatoms. The highest BCUT2D eigenvalue weighted by Crippen LogP contribution is 2.41. The minimum absolute atomic E-state index is 0.133. The standard InChI is InChI=1S/C23H35N3O3/c1-28-18-23(17-24-21-15-20(21)19-5-3-2-4-6-19)7-9-26(10-8-23)22(27)16-25-11-13-29-14-12-25/h2-6,20-21,24H,7-18H2,1H3/t20?,21-/m1/s1. The van der Waals surface area contributed by atoms with Gasteiger partial charge in [-0.2, -0.15) is 0 Å². The van der Waals surface area contributed by atoms with Gasteiger partial charge in [0.2, 0.25) is 5.91 Å². The molecule has 4 rings (SSSR count). The van der Waals surface area contributed by atoms with E-state index in [1.54, 1.807) is 7.11 Å². The number of hydrogen-bond acceptors (Lipinski definition) is 5. The summed E-state index contributed by atoms with van der Waals surface area (Å²) in [5.41, 5.74) is 1.57. The third-order valence-corrected chi connectivity index (χ3v) is 6.85. The second-order valence-corrected chi connectivity index (χ2v) is 8.94. The van der Waals surface area contributed by atoms with Gasteiger partial charge in [0, 0.05) is 57.2 Å². The summed E-state index contributed by atoms with van der Waals surface area (Å²) in [5.74, 6) is 0.906. The smallest absolute Gasteiger partial charge is 0.236 e. The number of benzene rings is 1. The number of amides is 1. The average Bonchev–Trinajstić information content (AvgIpc) is 3.54. The summed E-state index contributed by atoms with van der Waals surface area (Å²) in [6.45, 7) is 7.13. The van der Waals surface area contributed by atoms with Crippen LogP contribution in [0.25, 0.3) is 0 Å². The highest BCUT2D eigenvalue weighted by Gasteiger charge is 2.42. The molecule has 0 spiro atoms. The third kappa shape index (κ3) is 5.37. The monoisotopic (exact) mass is 401 g/mol. The van der Waals surface area contributed by atoms with Crippen molar-refractivity contribution >= 4 is 5.91 Å². The Hall–Kier alpha value is -1.47. The molecule has 1 aromatic carbocycles. The van der Waals surface area contributed by atoms with Crippen molar-refractivity contribution in [2.45, 2.75) is 31.2 Å². The predicted molar refractivity (Wildman–Crippen MR) is 113 cm³/mol. The van der Waals surface area contributed by atoms with Gasteiger partial charge in [-0.3, -0.25) is 9.69 Å². The molecular formula is C23H35N3O3. The van der Waals surface area contributed by atoms with E-state index in [4.69, 9.17) is 9.47 Å². The first-order valence-electron chi connectivity index (χ1n) is 11.0. The number of morpholine rings is 1. The molecule has 3 fully saturated rings. The zero-order chi connectivity index (χ0) is 20.1. The Labute approximate surface area is 174 Å². The summed E-state index contributed by atoms with van der Waals surface area (Å²) in [5, 5.41) is 3.80. The van der Waals surface area contributed by atoms with Crippen molar-refractivity contribution in [3.05, 3.63) is 35.9 Å². The van der Waals surface area contributed by atoms with Crippen LogP contribution in [0.15, 0.2) is 30.3 Å². The molecule has 0 aromatic heterocycles. The summed E-state index contributed by atoms with van der Waals surface area (Å²) in [6.07, 6.45) is 3.23. The first-order valence-corrected chi connectivity index (χ1v) is 11.0. The molecule has 29 heavy (non-hydrogen) atoms. The van der Waals surface area contributed by atoms with Crippen LogP contribution in [0, 0.1) is 5.41 Å². The summed E-state index contributed by atoms with van der Waals surface area (Å²) < 4.78 is 11.0. The molecule has 0 bridgehead atoms. The van der Waals surface area contributed by atoms with Crippen molar-refractivity contribution in [1.82, 2.24) is 15.1 Å². The third-order valence-electron chi connectivity index (χ3n) is 6.85. The number of ether oxygens (including phenoxy) is 2. The quantitative estimate of drug-likeness (QED) is 0.719. The van der Waals surface area contributed by atoms with Crippen LogP contribution >= 0.6 is 0 Å². The van der Waals surface area contributed by atoms with Gasteiger partial charge in [-0.15, -0.1) is 0 Å². The Balaban J connectivity index is 1.25. The Bertz CT molecular complexity index is 655. The van der Waals surface area contributed by atoms with E-state index in [-0.39, 0.29) is 11.3 Å². The maximum absolute atomic E-state index is 12.7. The lowest BCUT2D eigenvalue weighted by atomic mass is 9.78. The number of methoxy groups -OCH3 is 1. The molecule has 2 aliphatic heterocycles. The van der Waals surface area contributed by atoms with Crippen molar-refractivity contribution in [3.8, 4) is 0 Å². The van der Waals surface area contributed by atoms with Gasteiger partial charge < -0.3 is 19.7 Å². The fourth-order valence-corrected chi connectivity index (χ4v) is 4.80. The Morgan fingerprint density at radius 3 is 2.59 bits per heavy atom. The molecule has 1 N–H and O–H groups in total. The van der Waals surface area contributed by atoms with E-state index in [1.807, 2.05) is 4.90 Å². The zero-order valence-electron chi connectivity index (χ0n) is 17.6. The number of carbonyl (C=O) groups excluding carboxylic acids is 1. The lowest BCUT2D eigenvalue weighted by molar-refractivity contribution is -0.136. The minimum Gasteiger partial charge on any atom is -0.384 e. The van der Waals surface area contributed by atoms with Gasteiger partial charge in [0.05, 0.1) is 26.4 Å². The number of likely N-dealkylation sites (tertiary alicyclic amines) is 1. The number of carbonyl (C=O) groups is 1. The molecule has 3 aliphatic rings. The molecule has 1 aliphatic carbocycles. The maximum Gasteiger partial charge on any atom is 0.236 e. The van der Waals surface area contributed by atoms with Crippen molar-refractivity contribution in [3.63, 3.8) is 0 Å². The van der Waals surface area contributed by atoms with E-state index in [0.717, 1.165) is 65.4 Å². The number of rotatable bonds is 8. The second-order valence-electron chi connectivity index (χ2n) is 8.94. The van der Waals surface area contributed by atoms with Gasteiger partial charge in [0.1, 0.15) is 0 Å². The van der Waals surface area contributed by atoms with Crippen LogP contribution in [-0.4, -0.2) is 87.9 Å². The van der Waals surface area contributed by atoms with Crippen LogP contribution < -0.4 is 5.32 Å². The van der Waals surface area contributed by atoms with E-state index in [2.05, 4.69) is 40.5 Å². The van der Waals surface area contributed by atoms with Gasteiger partial charge >= 0.3 is 0 Å². The van der Waals surface area contributed by atoms with E-state index in [1.165, 1.54) is 12.0 Å². The summed E-state index contributed by atoms with van der Waals surface area (Å²) >= 11 is 0. The molecule has 2 saturated heterocycles. The van der Waals surface area contributed by atoms with Crippen molar-refractivity contribution in [1.29, 1.82) is 0 Å². The minimum atomic E-state index is 0.133. The van der Waals surface area contributed by atoms with Crippen LogP contribution in [0.2, 0.25) is 0 Å². The van der Waals surface area contributed by atoms with Gasteiger partial charge in [0.15, 0.2) is 0 Å². The topological polar surface area (TPSA) is 54.0 Å². The van der Waals surface area contributed by atoms with Crippen LogP contribution in [0.5, 0.6) is 0 Å². The fourth-order valence-electron chi connectivity index (χ4n) is 4.80. The highest BCUT2D eigenvalue weighted by atomic mass is 16.5. The lowest BCUT2D eigenvalue weighted by Gasteiger charge is -2.42. The average molecular weight is 402 g/mol. The Kier molecular flexibility index (Phi) is 6.85. The second kappa shape index (κ2) is 9.56. The molecule has 2 atom stereocenters. The van der Waals surface area contributed by atoms with Gasteiger partial charge in [-0.05, 0) is 24.8 Å². The number of hydrogen-bond donors (Lipinski definition) is 1. The van der Waals surface area contributed by atoms with Gasteiger partial charge in [-0.1, -0.05) is 30.3 Å². The summed E-state index contributed by atoms with van der Waals surface area (Å²) in [4.78, 5) is 17.0. The number of piperidine rings is 1. The van der Waals surface area contributed by atoms with Crippen LogP contribution in [-0.2, 0) is 14.3 Å². The molecule has 0 radical (unpaired) electrons. The number of nitrogens with zero attached hydrogens (tertiary/aromatic N) is 2. The first-order chi connectivity index (χ1) is 14.2. The van der Waals surface area contributed by atoms with Crippen LogP contribution in [0.4, 0.5) is 0 Å². The largest absolute Gasteiger partial charge is 0.384 e.